The summed E-state index contributed by atoms with van der Waals surface area (Å²) in [5.41, 5.74) is 1.51. The van der Waals surface area contributed by atoms with Gasteiger partial charge in [0.2, 0.25) is 6.79 Å². The third-order valence-electron chi connectivity index (χ3n) is 4.30. The van der Waals surface area contributed by atoms with E-state index in [1.54, 1.807) is 20.8 Å². The third-order valence-corrected chi connectivity index (χ3v) is 4.30. The first-order valence-electron chi connectivity index (χ1n) is 8.50. The molecule has 2 heterocycles. The molecule has 28 heavy (non-hydrogen) atoms. The van der Waals surface area contributed by atoms with Crippen molar-refractivity contribution in [3.05, 3.63) is 56.4 Å². The lowest BCUT2D eigenvalue weighted by atomic mass is 10.0. The van der Waals surface area contributed by atoms with E-state index in [1.165, 1.54) is 24.3 Å². The van der Waals surface area contributed by atoms with Crippen molar-refractivity contribution in [1.82, 2.24) is 4.98 Å². The van der Waals surface area contributed by atoms with Crippen LogP contribution in [-0.4, -0.2) is 35.1 Å². The number of nitrogens with zero attached hydrogens (tertiary/aromatic N) is 1. The molecule has 0 radical (unpaired) electrons. The van der Waals surface area contributed by atoms with Crippen LogP contribution in [0.1, 0.15) is 44.6 Å². The number of benzene rings is 1. The molecule has 0 fully saturated rings. The molecule has 9 heteroatoms. The number of hydrogen-bond donors (Lipinski definition) is 1. The molecule has 0 saturated heterocycles. The molecule has 0 spiro atoms. The SMILES string of the molecule is CCOC(=O)c1[nH]c(C)c(C(=O)C=Cc2cc3c(cc2[N+](=O)[O-])OCO3)c1C. The van der Waals surface area contributed by atoms with Crippen molar-refractivity contribution >= 4 is 23.5 Å². The second-order valence-electron chi connectivity index (χ2n) is 6.06. The Morgan fingerprint density at radius 1 is 1.29 bits per heavy atom. The Hall–Kier alpha value is -3.62. The molecule has 1 aromatic carbocycles. The van der Waals surface area contributed by atoms with Crippen LogP contribution in [0.3, 0.4) is 0 Å². The van der Waals surface area contributed by atoms with Gasteiger partial charge in [0, 0.05) is 11.3 Å². The minimum absolute atomic E-state index is 0.0169. The summed E-state index contributed by atoms with van der Waals surface area (Å²) in [6, 6.07) is 2.71. The maximum absolute atomic E-state index is 12.7. The molecule has 1 N–H and O–H groups in total. The monoisotopic (exact) mass is 386 g/mol. The number of aromatic amines is 1. The van der Waals surface area contributed by atoms with Crippen LogP contribution >= 0.6 is 0 Å². The van der Waals surface area contributed by atoms with E-state index in [1.807, 2.05) is 0 Å². The van der Waals surface area contributed by atoms with E-state index in [2.05, 4.69) is 4.98 Å². The van der Waals surface area contributed by atoms with Gasteiger partial charge in [0.1, 0.15) is 5.69 Å². The van der Waals surface area contributed by atoms with Crippen LogP contribution in [0, 0.1) is 24.0 Å². The minimum atomic E-state index is -0.558. The molecule has 0 bridgehead atoms. The molecule has 2 aromatic rings. The number of esters is 1. The average Bonchev–Trinajstić information content (AvgIpc) is 3.22. The quantitative estimate of drug-likeness (QED) is 0.266. The molecule has 0 aliphatic carbocycles. The predicted octanol–water partition coefficient (Wildman–Crippen LogP) is 3.34. The van der Waals surface area contributed by atoms with Crippen molar-refractivity contribution in [1.29, 1.82) is 0 Å². The number of nitro groups is 1. The molecule has 146 valence electrons. The highest BCUT2D eigenvalue weighted by molar-refractivity contribution is 6.10. The summed E-state index contributed by atoms with van der Waals surface area (Å²) in [4.78, 5) is 38.3. The predicted molar refractivity (Wildman–Crippen MR) is 98.8 cm³/mol. The van der Waals surface area contributed by atoms with Gasteiger partial charge in [-0.25, -0.2) is 4.79 Å². The van der Waals surface area contributed by atoms with E-state index in [0.29, 0.717) is 22.6 Å². The van der Waals surface area contributed by atoms with Gasteiger partial charge in [-0.05, 0) is 44.6 Å². The Balaban J connectivity index is 1.93. The maximum Gasteiger partial charge on any atom is 0.355 e. The van der Waals surface area contributed by atoms with Gasteiger partial charge >= 0.3 is 5.97 Å². The zero-order chi connectivity index (χ0) is 20.4. The summed E-state index contributed by atoms with van der Waals surface area (Å²) in [6.45, 7) is 5.19. The summed E-state index contributed by atoms with van der Waals surface area (Å²) in [5, 5.41) is 11.3. The van der Waals surface area contributed by atoms with Crippen molar-refractivity contribution in [3.63, 3.8) is 0 Å². The first-order valence-corrected chi connectivity index (χ1v) is 8.50. The Kier molecular flexibility index (Phi) is 5.16. The number of carbonyl (C=O) groups is 2. The molecule has 0 saturated carbocycles. The third kappa shape index (κ3) is 3.46. The van der Waals surface area contributed by atoms with Gasteiger partial charge in [0.05, 0.1) is 23.2 Å². The normalized spacial score (nSPS) is 12.4. The van der Waals surface area contributed by atoms with Crippen LogP contribution in [0.4, 0.5) is 5.69 Å². The molecule has 3 rings (SSSR count). The van der Waals surface area contributed by atoms with Gasteiger partial charge in [-0.3, -0.25) is 14.9 Å². The fourth-order valence-corrected chi connectivity index (χ4v) is 3.01. The van der Waals surface area contributed by atoms with Crippen molar-refractivity contribution in [2.24, 2.45) is 0 Å². The Morgan fingerprint density at radius 2 is 1.96 bits per heavy atom. The highest BCUT2D eigenvalue weighted by Crippen LogP contribution is 2.38. The molecular weight excluding hydrogens is 368 g/mol. The van der Waals surface area contributed by atoms with E-state index < -0.39 is 16.7 Å². The van der Waals surface area contributed by atoms with Crippen LogP contribution in [0.25, 0.3) is 6.08 Å². The molecule has 1 aliphatic rings. The van der Waals surface area contributed by atoms with E-state index in [4.69, 9.17) is 14.2 Å². The summed E-state index contributed by atoms with van der Waals surface area (Å²) in [7, 11) is 0. The van der Waals surface area contributed by atoms with Crippen molar-refractivity contribution in [2.75, 3.05) is 13.4 Å². The Bertz CT molecular complexity index is 1000. The molecule has 1 aliphatic heterocycles. The van der Waals surface area contributed by atoms with Gasteiger partial charge in [-0.1, -0.05) is 0 Å². The zero-order valence-electron chi connectivity index (χ0n) is 15.5. The number of nitrogens with one attached hydrogen (secondary N) is 1. The van der Waals surface area contributed by atoms with Gasteiger partial charge < -0.3 is 19.2 Å². The molecule has 0 atom stereocenters. The van der Waals surface area contributed by atoms with E-state index in [9.17, 15) is 19.7 Å². The summed E-state index contributed by atoms with van der Waals surface area (Å²) in [6.07, 6.45) is 2.57. The summed E-state index contributed by atoms with van der Waals surface area (Å²) in [5.74, 6) is -0.283. The van der Waals surface area contributed by atoms with Crippen LogP contribution in [0.2, 0.25) is 0 Å². The van der Waals surface area contributed by atoms with Gasteiger partial charge in [0.15, 0.2) is 17.3 Å². The van der Waals surface area contributed by atoms with E-state index in [-0.39, 0.29) is 36.1 Å². The van der Waals surface area contributed by atoms with E-state index in [0.717, 1.165) is 0 Å². The smallest absolute Gasteiger partial charge is 0.355 e. The Labute approximate surface area is 160 Å². The number of allylic oxidation sites excluding steroid dienone is 1. The molecule has 9 nitrogen and oxygen atoms in total. The topological polar surface area (TPSA) is 121 Å². The highest BCUT2D eigenvalue weighted by atomic mass is 16.7. The second kappa shape index (κ2) is 7.55. The molecule has 1 aromatic heterocycles. The average molecular weight is 386 g/mol. The number of rotatable bonds is 6. The summed E-state index contributed by atoms with van der Waals surface area (Å²) < 4.78 is 15.4. The second-order valence-corrected chi connectivity index (χ2v) is 6.06. The van der Waals surface area contributed by atoms with Crippen LogP contribution in [-0.2, 0) is 4.74 Å². The standard InChI is InChI=1S/C19H18N2O7/c1-4-26-19(23)18-10(2)17(11(3)20-18)14(22)6-5-12-7-15-16(28-9-27-15)8-13(12)21(24)25/h5-8,20H,4,9H2,1-3H3. The number of ketones is 1. The number of ether oxygens (including phenoxy) is 3. The van der Waals surface area contributed by atoms with Crippen LogP contribution in [0.5, 0.6) is 11.5 Å². The first-order chi connectivity index (χ1) is 13.3. The van der Waals surface area contributed by atoms with Gasteiger partial charge in [0.25, 0.3) is 5.69 Å². The number of carbonyl (C=O) groups excluding carboxylic acids is 2. The highest BCUT2D eigenvalue weighted by Gasteiger charge is 2.24. The number of hydrogen-bond acceptors (Lipinski definition) is 7. The van der Waals surface area contributed by atoms with Crippen molar-refractivity contribution in [2.45, 2.75) is 20.8 Å². The number of nitro benzene ring substituents is 1. The van der Waals surface area contributed by atoms with Gasteiger partial charge in [-0.2, -0.15) is 0 Å². The number of aromatic nitrogens is 1. The maximum atomic E-state index is 12.7. The number of aryl methyl sites for hydroxylation is 1. The zero-order valence-corrected chi connectivity index (χ0v) is 15.5. The minimum Gasteiger partial charge on any atom is -0.461 e. The lowest BCUT2D eigenvalue weighted by molar-refractivity contribution is -0.385. The van der Waals surface area contributed by atoms with Crippen molar-refractivity contribution < 1.29 is 28.7 Å². The largest absolute Gasteiger partial charge is 0.461 e. The van der Waals surface area contributed by atoms with E-state index >= 15 is 0 Å². The lowest BCUT2D eigenvalue weighted by Gasteiger charge is -2.02. The van der Waals surface area contributed by atoms with Crippen LogP contribution < -0.4 is 9.47 Å². The van der Waals surface area contributed by atoms with Crippen LogP contribution in [0.15, 0.2) is 18.2 Å². The Morgan fingerprint density at radius 3 is 2.61 bits per heavy atom. The number of H-pyrrole nitrogens is 1. The summed E-state index contributed by atoms with van der Waals surface area (Å²) >= 11 is 0. The first kappa shape index (κ1) is 19.2. The fraction of sp³-hybridized carbons (Fsp3) is 0.263. The van der Waals surface area contributed by atoms with Crippen molar-refractivity contribution in [3.8, 4) is 11.5 Å². The molecular formula is C19H18N2O7. The number of fused-ring (bicyclic) bond motifs is 1. The van der Waals surface area contributed by atoms with Gasteiger partial charge in [-0.15, -0.1) is 0 Å². The lowest BCUT2D eigenvalue weighted by Crippen LogP contribution is -2.07. The molecule has 0 unspecified atom stereocenters. The fourth-order valence-electron chi connectivity index (χ4n) is 3.01. The molecule has 0 amide bonds.